The minimum Gasteiger partial charge on any atom is -0.341 e. The van der Waals surface area contributed by atoms with Crippen molar-refractivity contribution in [3.05, 3.63) is 29.3 Å². The molecule has 5 nitrogen and oxygen atoms in total. The van der Waals surface area contributed by atoms with Crippen LogP contribution < -0.4 is 10.0 Å². The molecule has 0 fully saturated rings. The van der Waals surface area contributed by atoms with Crippen LogP contribution in [0.1, 0.15) is 15.9 Å². The molecule has 96 valence electrons. The van der Waals surface area contributed by atoms with E-state index in [0.717, 1.165) is 0 Å². The summed E-state index contributed by atoms with van der Waals surface area (Å²) >= 11 is 0. The van der Waals surface area contributed by atoms with Crippen molar-refractivity contribution in [3.8, 4) is 12.3 Å². The molecule has 1 amide bonds. The van der Waals surface area contributed by atoms with Crippen LogP contribution in [0.3, 0.4) is 0 Å². The fraction of sp³-hybridized carbons (Fsp3) is 0.250. The number of rotatable bonds is 4. The Bertz CT molecular complexity index is 600. The molecule has 0 aliphatic carbocycles. The topological polar surface area (TPSA) is 75.3 Å². The van der Waals surface area contributed by atoms with E-state index in [1.54, 1.807) is 13.0 Å². The summed E-state index contributed by atoms with van der Waals surface area (Å²) in [4.78, 5) is 11.8. The quantitative estimate of drug-likeness (QED) is 0.768. The van der Waals surface area contributed by atoms with Gasteiger partial charge in [-0.05, 0) is 31.7 Å². The van der Waals surface area contributed by atoms with Gasteiger partial charge < -0.3 is 5.32 Å². The summed E-state index contributed by atoms with van der Waals surface area (Å²) in [7, 11) is -2.25. The van der Waals surface area contributed by atoms with Gasteiger partial charge in [0.25, 0.3) is 5.91 Å². The summed E-state index contributed by atoms with van der Waals surface area (Å²) in [6.45, 7) is 1.82. The average molecular weight is 266 g/mol. The van der Waals surface area contributed by atoms with E-state index in [-0.39, 0.29) is 11.4 Å². The molecule has 0 unspecified atom stereocenters. The number of sulfonamides is 1. The van der Waals surface area contributed by atoms with E-state index in [4.69, 9.17) is 6.42 Å². The first-order chi connectivity index (χ1) is 8.42. The summed E-state index contributed by atoms with van der Waals surface area (Å²) in [5, 5.41) is 2.50. The third kappa shape index (κ3) is 3.09. The molecular formula is C12H14N2O3S. The molecule has 0 atom stereocenters. The summed E-state index contributed by atoms with van der Waals surface area (Å²) < 4.78 is 25.4. The zero-order valence-corrected chi connectivity index (χ0v) is 11.0. The van der Waals surface area contributed by atoms with Gasteiger partial charge in [-0.1, -0.05) is 12.0 Å². The van der Waals surface area contributed by atoms with Crippen molar-refractivity contribution >= 4 is 15.9 Å². The first kappa shape index (κ1) is 14.2. The highest BCUT2D eigenvalue weighted by Gasteiger charge is 2.15. The summed E-state index contributed by atoms with van der Waals surface area (Å²) in [5.41, 5.74) is 0.973. The van der Waals surface area contributed by atoms with Gasteiger partial charge in [0.2, 0.25) is 10.0 Å². The van der Waals surface area contributed by atoms with Crippen LogP contribution in [0.2, 0.25) is 0 Å². The monoisotopic (exact) mass is 266 g/mol. The van der Waals surface area contributed by atoms with Gasteiger partial charge in [0.15, 0.2) is 0 Å². The molecule has 1 aromatic carbocycles. The smallest absolute Gasteiger partial charge is 0.252 e. The van der Waals surface area contributed by atoms with Gasteiger partial charge in [0, 0.05) is 5.56 Å². The van der Waals surface area contributed by atoms with Gasteiger partial charge >= 0.3 is 0 Å². The molecule has 1 aromatic rings. The van der Waals surface area contributed by atoms with E-state index in [2.05, 4.69) is 16.0 Å². The van der Waals surface area contributed by atoms with Gasteiger partial charge in [-0.25, -0.2) is 13.1 Å². The maximum Gasteiger partial charge on any atom is 0.252 e. The third-order valence-electron chi connectivity index (χ3n) is 2.38. The van der Waals surface area contributed by atoms with Crippen molar-refractivity contribution < 1.29 is 13.2 Å². The minimum atomic E-state index is -3.56. The maximum atomic E-state index is 11.8. The molecule has 0 bridgehead atoms. The number of benzene rings is 1. The molecule has 18 heavy (non-hydrogen) atoms. The average Bonchev–Trinajstić information content (AvgIpc) is 2.36. The van der Waals surface area contributed by atoms with Crippen LogP contribution >= 0.6 is 0 Å². The molecule has 0 saturated heterocycles. The van der Waals surface area contributed by atoms with E-state index in [1.807, 2.05) is 0 Å². The number of carbonyl (C=O) groups is 1. The predicted octanol–water partition coefficient (Wildman–Crippen LogP) is 0.266. The van der Waals surface area contributed by atoms with Crippen molar-refractivity contribution in [1.29, 1.82) is 0 Å². The molecule has 0 spiro atoms. The van der Waals surface area contributed by atoms with Gasteiger partial charge in [0.05, 0.1) is 11.4 Å². The van der Waals surface area contributed by atoms with Crippen molar-refractivity contribution in [1.82, 2.24) is 10.0 Å². The summed E-state index contributed by atoms with van der Waals surface area (Å²) in [6.07, 6.45) is 5.04. The Hall–Kier alpha value is -1.84. The Labute approximate surface area is 107 Å². The number of hydrogen-bond acceptors (Lipinski definition) is 3. The Morgan fingerprint density at radius 3 is 2.67 bits per heavy atom. The first-order valence-corrected chi connectivity index (χ1v) is 6.66. The number of carbonyl (C=O) groups excluding carboxylic acids is 1. The number of aryl methyl sites for hydroxylation is 1. The summed E-state index contributed by atoms with van der Waals surface area (Å²) in [5.74, 6) is 1.89. The zero-order chi connectivity index (χ0) is 13.8. The van der Waals surface area contributed by atoms with E-state index < -0.39 is 15.9 Å². The van der Waals surface area contributed by atoms with E-state index >= 15 is 0 Å². The number of terminal acetylenes is 1. The van der Waals surface area contributed by atoms with Crippen LogP contribution in [-0.4, -0.2) is 27.9 Å². The van der Waals surface area contributed by atoms with Gasteiger partial charge in [-0.15, -0.1) is 6.42 Å². The van der Waals surface area contributed by atoms with Crippen LogP contribution in [0.5, 0.6) is 0 Å². The van der Waals surface area contributed by atoms with Crippen molar-refractivity contribution in [3.63, 3.8) is 0 Å². The fourth-order valence-electron chi connectivity index (χ4n) is 1.36. The lowest BCUT2D eigenvalue weighted by Gasteiger charge is -2.08. The molecule has 0 radical (unpaired) electrons. The zero-order valence-electron chi connectivity index (χ0n) is 10.1. The second-order valence-electron chi connectivity index (χ2n) is 3.57. The van der Waals surface area contributed by atoms with E-state index in [1.165, 1.54) is 19.2 Å². The lowest BCUT2D eigenvalue weighted by atomic mass is 10.1. The van der Waals surface area contributed by atoms with Gasteiger partial charge in [-0.2, -0.15) is 0 Å². The first-order valence-electron chi connectivity index (χ1n) is 5.18. The Balaban J connectivity index is 3.18. The van der Waals surface area contributed by atoms with Crippen LogP contribution in [0.25, 0.3) is 0 Å². The van der Waals surface area contributed by atoms with E-state index in [0.29, 0.717) is 11.1 Å². The van der Waals surface area contributed by atoms with Crippen LogP contribution in [0.4, 0.5) is 0 Å². The molecule has 0 aliphatic heterocycles. The molecule has 0 heterocycles. The largest absolute Gasteiger partial charge is 0.341 e. The minimum absolute atomic E-state index is 0.0430. The Kier molecular flexibility index (Phi) is 4.48. The second-order valence-corrected chi connectivity index (χ2v) is 5.46. The number of amides is 1. The highest BCUT2D eigenvalue weighted by Crippen LogP contribution is 2.15. The van der Waals surface area contributed by atoms with Crippen molar-refractivity contribution in [2.24, 2.45) is 0 Å². The SMILES string of the molecule is C#CCNC(=O)c1cc(S(=O)(=O)NC)ccc1C. The molecule has 0 saturated carbocycles. The lowest BCUT2D eigenvalue weighted by molar-refractivity contribution is 0.0958. The lowest BCUT2D eigenvalue weighted by Crippen LogP contribution is -2.25. The normalized spacial score (nSPS) is 10.7. The molecule has 0 aliphatic rings. The summed E-state index contributed by atoms with van der Waals surface area (Å²) in [6, 6.07) is 4.35. The molecule has 6 heteroatoms. The third-order valence-corrected chi connectivity index (χ3v) is 3.80. The van der Waals surface area contributed by atoms with Crippen LogP contribution in [0, 0.1) is 19.3 Å². The number of hydrogen-bond donors (Lipinski definition) is 2. The van der Waals surface area contributed by atoms with Crippen LogP contribution in [0.15, 0.2) is 23.1 Å². The molecule has 2 N–H and O–H groups in total. The van der Waals surface area contributed by atoms with Gasteiger partial charge in [0.1, 0.15) is 0 Å². The molecule has 0 aromatic heterocycles. The van der Waals surface area contributed by atoms with Crippen molar-refractivity contribution in [2.75, 3.05) is 13.6 Å². The molecular weight excluding hydrogens is 252 g/mol. The van der Waals surface area contributed by atoms with E-state index in [9.17, 15) is 13.2 Å². The molecule has 1 rings (SSSR count). The predicted molar refractivity (Wildman–Crippen MR) is 68.6 cm³/mol. The Morgan fingerprint density at radius 1 is 1.44 bits per heavy atom. The van der Waals surface area contributed by atoms with Gasteiger partial charge in [-0.3, -0.25) is 4.79 Å². The van der Waals surface area contributed by atoms with Crippen molar-refractivity contribution in [2.45, 2.75) is 11.8 Å². The standard InChI is InChI=1S/C12H14N2O3S/c1-4-7-14-12(15)11-8-10(6-5-9(11)2)18(16,17)13-3/h1,5-6,8,13H,7H2,2-3H3,(H,14,15). The highest BCUT2D eigenvalue weighted by atomic mass is 32.2. The fourth-order valence-corrected chi connectivity index (χ4v) is 2.11. The van der Waals surface area contributed by atoms with Crippen LogP contribution in [-0.2, 0) is 10.0 Å². The maximum absolute atomic E-state index is 11.8. The number of nitrogens with one attached hydrogen (secondary N) is 2. The Morgan fingerprint density at radius 2 is 2.11 bits per heavy atom. The highest BCUT2D eigenvalue weighted by molar-refractivity contribution is 7.89. The second kappa shape index (κ2) is 5.67.